The van der Waals surface area contributed by atoms with Crippen molar-refractivity contribution in [3.63, 3.8) is 0 Å². The molecular formula is C16H20F4N2O. The molecule has 2 rings (SSSR count). The van der Waals surface area contributed by atoms with Gasteiger partial charge in [0.15, 0.2) is 0 Å². The lowest BCUT2D eigenvalue weighted by Crippen LogP contribution is -2.37. The molecule has 1 amide bonds. The molecule has 1 saturated heterocycles. The standard InChI is InChI=1S/C16H20F4N2O/c1-15(2,3)21-8-10-6-11(17)7-12(18)13(10)14(23)22-5-4-16(19,20)9-22/h6-7,21H,4-5,8-9H2,1-3H3. The fourth-order valence-electron chi connectivity index (χ4n) is 2.43. The lowest BCUT2D eigenvalue weighted by Gasteiger charge is -2.23. The Bertz CT molecular complexity index is 611. The molecule has 23 heavy (non-hydrogen) atoms. The minimum atomic E-state index is -2.96. The largest absolute Gasteiger partial charge is 0.332 e. The maximum Gasteiger partial charge on any atom is 0.267 e. The van der Waals surface area contributed by atoms with E-state index < -0.39 is 36.4 Å². The zero-order valence-electron chi connectivity index (χ0n) is 13.4. The van der Waals surface area contributed by atoms with Gasteiger partial charge in [-0.05, 0) is 32.4 Å². The van der Waals surface area contributed by atoms with Gasteiger partial charge in [0.2, 0.25) is 0 Å². The van der Waals surface area contributed by atoms with Gasteiger partial charge in [0, 0.05) is 31.1 Å². The molecule has 0 aromatic heterocycles. The number of halogens is 4. The Balaban J connectivity index is 2.31. The normalized spacial score (nSPS) is 17.6. The quantitative estimate of drug-likeness (QED) is 0.861. The highest BCUT2D eigenvalue weighted by Gasteiger charge is 2.41. The van der Waals surface area contributed by atoms with Crippen molar-refractivity contribution in [3.05, 3.63) is 34.9 Å². The predicted molar refractivity (Wildman–Crippen MR) is 78.4 cm³/mol. The van der Waals surface area contributed by atoms with Crippen LogP contribution < -0.4 is 5.32 Å². The first-order chi connectivity index (χ1) is 10.5. The first kappa shape index (κ1) is 17.7. The van der Waals surface area contributed by atoms with Gasteiger partial charge in [-0.3, -0.25) is 4.79 Å². The summed E-state index contributed by atoms with van der Waals surface area (Å²) in [4.78, 5) is 13.3. The minimum Gasteiger partial charge on any atom is -0.332 e. The molecule has 0 radical (unpaired) electrons. The second kappa shape index (κ2) is 6.11. The van der Waals surface area contributed by atoms with E-state index in [1.54, 1.807) is 0 Å². The average Bonchev–Trinajstić information content (AvgIpc) is 2.74. The molecule has 0 spiro atoms. The van der Waals surface area contributed by atoms with Crippen LogP contribution in [0.1, 0.15) is 43.1 Å². The van der Waals surface area contributed by atoms with Gasteiger partial charge >= 0.3 is 0 Å². The zero-order valence-corrected chi connectivity index (χ0v) is 13.4. The van der Waals surface area contributed by atoms with Crippen LogP contribution in [0.15, 0.2) is 12.1 Å². The highest BCUT2D eigenvalue weighted by atomic mass is 19.3. The van der Waals surface area contributed by atoms with Crippen molar-refractivity contribution in [1.82, 2.24) is 10.2 Å². The topological polar surface area (TPSA) is 32.3 Å². The Labute approximate surface area is 132 Å². The molecule has 1 heterocycles. The van der Waals surface area contributed by atoms with Gasteiger partial charge in [0.1, 0.15) is 11.6 Å². The van der Waals surface area contributed by atoms with E-state index in [2.05, 4.69) is 5.32 Å². The van der Waals surface area contributed by atoms with E-state index in [0.29, 0.717) is 6.07 Å². The third-order valence-electron chi connectivity index (χ3n) is 3.62. The summed E-state index contributed by atoms with van der Waals surface area (Å²) in [7, 11) is 0. The van der Waals surface area contributed by atoms with Crippen LogP contribution >= 0.6 is 0 Å². The molecule has 0 atom stereocenters. The molecule has 7 heteroatoms. The molecular weight excluding hydrogens is 312 g/mol. The molecule has 128 valence electrons. The predicted octanol–water partition coefficient (Wildman–Crippen LogP) is 3.33. The van der Waals surface area contributed by atoms with E-state index in [9.17, 15) is 22.4 Å². The number of alkyl halides is 2. The summed E-state index contributed by atoms with van der Waals surface area (Å²) in [6.45, 7) is 4.77. The number of carbonyl (C=O) groups is 1. The molecule has 1 aliphatic heterocycles. The Morgan fingerprint density at radius 3 is 2.48 bits per heavy atom. The van der Waals surface area contributed by atoms with Gasteiger partial charge in [-0.15, -0.1) is 0 Å². The third-order valence-corrected chi connectivity index (χ3v) is 3.62. The molecule has 1 fully saturated rings. The zero-order chi connectivity index (χ0) is 17.4. The number of likely N-dealkylation sites (tertiary alicyclic amines) is 1. The maximum absolute atomic E-state index is 14.1. The number of hydrogen-bond acceptors (Lipinski definition) is 2. The van der Waals surface area contributed by atoms with Crippen molar-refractivity contribution < 1.29 is 22.4 Å². The number of benzene rings is 1. The molecule has 1 aromatic rings. The van der Waals surface area contributed by atoms with Gasteiger partial charge in [-0.1, -0.05) is 0 Å². The van der Waals surface area contributed by atoms with Gasteiger partial charge in [-0.2, -0.15) is 0 Å². The van der Waals surface area contributed by atoms with Crippen LogP contribution in [0, 0.1) is 11.6 Å². The van der Waals surface area contributed by atoms with Crippen molar-refractivity contribution in [2.45, 2.75) is 45.2 Å². The van der Waals surface area contributed by atoms with E-state index in [-0.39, 0.29) is 29.8 Å². The minimum absolute atomic E-state index is 0.0590. The molecule has 0 bridgehead atoms. The molecule has 0 saturated carbocycles. The smallest absolute Gasteiger partial charge is 0.267 e. The second-order valence-electron chi connectivity index (χ2n) is 6.86. The summed E-state index contributed by atoms with van der Waals surface area (Å²) in [6, 6.07) is 1.66. The Morgan fingerprint density at radius 1 is 1.30 bits per heavy atom. The summed E-state index contributed by atoms with van der Waals surface area (Å²) in [5.41, 5.74) is -0.553. The van der Waals surface area contributed by atoms with Crippen LogP contribution in [0.5, 0.6) is 0 Å². The molecule has 1 N–H and O–H groups in total. The van der Waals surface area contributed by atoms with Gasteiger partial charge < -0.3 is 10.2 Å². The van der Waals surface area contributed by atoms with E-state index in [1.807, 2.05) is 20.8 Å². The molecule has 0 aliphatic carbocycles. The van der Waals surface area contributed by atoms with Crippen molar-refractivity contribution in [2.75, 3.05) is 13.1 Å². The summed E-state index contributed by atoms with van der Waals surface area (Å²) in [5.74, 6) is -5.63. The van der Waals surface area contributed by atoms with Crippen LogP contribution in [0.2, 0.25) is 0 Å². The first-order valence-corrected chi connectivity index (χ1v) is 7.39. The Hall–Kier alpha value is -1.63. The number of hydrogen-bond donors (Lipinski definition) is 1. The average molecular weight is 332 g/mol. The number of nitrogens with zero attached hydrogens (tertiary/aromatic N) is 1. The van der Waals surface area contributed by atoms with Crippen LogP contribution in [-0.2, 0) is 6.54 Å². The van der Waals surface area contributed by atoms with Crippen LogP contribution in [0.3, 0.4) is 0 Å². The molecule has 3 nitrogen and oxygen atoms in total. The maximum atomic E-state index is 14.1. The Kier molecular flexibility index (Phi) is 4.71. The fourth-order valence-corrected chi connectivity index (χ4v) is 2.43. The van der Waals surface area contributed by atoms with Crippen LogP contribution in [-0.4, -0.2) is 35.4 Å². The van der Waals surface area contributed by atoms with Crippen molar-refractivity contribution in [2.24, 2.45) is 0 Å². The lowest BCUT2D eigenvalue weighted by atomic mass is 10.0. The molecule has 1 aromatic carbocycles. The summed E-state index contributed by atoms with van der Waals surface area (Å²) in [5, 5.41) is 3.04. The van der Waals surface area contributed by atoms with E-state index in [0.717, 1.165) is 11.0 Å². The van der Waals surface area contributed by atoms with E-state index in [4.69, 9.17) is 0 Å². The fraction of sp³-hybridized carbons (Fsp3) is 0.562. The summed E-state index contributed by atoms with van der Waals surface area (Å²) in [6.07, 6.45) is -0.447. The summed E-state index contributed by atoms with van der Waals surface area (Å²) >= 11 is 0. The molecule has 1 aliphatic rings. The monoisotopic (exact) mass is 332 g/mol. The van der Waals surface area contributed by atoms with Gasteiger partial charge in [0.05, 0.1) is 12.1 Å². The number of rotatable bonds is 3. The SMILES string of the molecule is CC(C)(C)NCc1cc(F)cc(F)c1C(=O)N1CCC(F)(F)C1. The number of nitrogens with one attached hydrogen (secondary N) is 1. The molecule has 0 unspecified atom stereocenters. The second-order valence-corrected chi connectivity index (χ2v) is 6.86. The number of carbonyl (C=O) groups excluding carboxylic acids is 1. The third kappa shape index (κ3) is 4.43. The highest BCUT2D eigenvalue weighted by molar-refractivity contribution is 5.96. The van der Waals surface area contributed by atoms with Gasteiger partial charge in [0.25, 0.3) is 11.8 Å². The van der Waals surface area contributed by atoms with Crippen LogP contribution in [0.4, 0.5) is 17.6 Å². The lowest BCUT2D eigenvalue weighted by molar-refractivity contribution is 0.0119. The van der Waals surface area contributed by atoms with Crippen molar-refractivity contribution >= 4 is 5.91 Å². The van der Waals surface area contributed by atoms with Crippen molar-refractivity contribution in [1.29, 1.82) is 0 Å². The van der Waals surface area contributed by atoms with Crippen LogP contribution in [0.25, 0.3) is 0 Å². The van der Waals surface area contributed by atoms with Gasteiger partial charge in [-0.25, -0.2) is 17.6 Å². The number of amides is 1. The first-order valence-electron chi connectivity index (χ1n) is 7.39. The highest BCUT2D eigenvalue weighted by Crippen LogP contribution is 2.29. The summed E-state index contributed by atoms with van der Waals surface area (Å²) < 4.78 is 54.2. The van der Waals surface area contributed by atoms with E-state index >= 15 is 0 Å². The van der Waals surface area contributed by atoms with Crippen molar-refractivity contribution in [3.8, 4) is 0 Å². The Morgan fingerprint density at radius 2 is 1.96 bits per heavy atom. The van der Waals surface area contributed by atoms with E-state index in [1.165, 1.54) is 0 Å².